The average Bonchev–Trinajstić information content (AvgIpc) is 2.54. The SMILES string of the molecule is CNS(=O)(=O)c1cc(Nc2cc(Cl)ncn2)c(OCC(F)(F)F)cc1F. The second kappa shape index (κ2) is 7.60. The molecule has 0 aliphatic carbocycles. The molecule has 0 aliphatic rings. The summed E-state index contributed by atoms with van der Waals surface area (Å²) in [7, 11) is -3.16. The van der Waals surface area contributed by atoms with Crippen molar-refractivity contribution in [3.8, 4) is 5.75 Å². The molecule has 142 valence electrons. The van der Waals surface area contributed by atoms with E-state index >= 15 is 0 Å². The van der Waals surface area contributed by atoms with Crippen molar-refractivity contribution < 1.29 is 30.7 Å². The first-order valence-electron chi connectivity index (χ1n) is 6.73. The van der Waals surface area contributed by atoms with Crippen molar-refractivity contribution in [2.75, 3.05) is 19.0 Å². The summed E-state index contributed by atoms with van der Waals surface area (Å²) in [5.74, 6) is -1.83. The van der Waals surface area contributed by atoms with Crippen LogP contribution in [0.15, 0.2) is 29.4 Å². The van der Waals surface area contributed by atoms with Crippen LogP contribution in [-0.4, -0.2) is 38.2 Å². The minimum absolute atomic E-state index is 0.0189. The number of aromatic nitrogens is 2. The number of ether oxygens (including phenoxy) is 1. The maximum atomic E-state index is 14.1. The summed E-state index contributed by atoms with van der Waals surface area (Å²) in [5.41, 5.74) is -0.265. The Labute approximate surface area is 150 Å². The van der Waals surface area contributed by atoms with E-state index in [4.69, 9.17) is 11.6 Å². The Morgan fingerprint density at radius 2 is 1.92 bits per heavy atom. The molecule has 2 rings (SSSR count). The average molecular weight is 415 g/mol. The van der Waals surface area contributed by atoms with Gasteiger partial charge in [-0.25, -0.2) is 27.5 Å². The summed E-state index contributed by atoms with van der Waals surface area (Å²) >= 11 is 5.69. The van der Waals surface area contributed by atoms with Gasteiger partial charge in [-0.1, -0.05) is 11.6 Å². The predicted octanol–water partition coefficient (Wildman–Crippen LogP) is 2.86. The van der Waals surface area contributed by atoms with Crippen LogP contribution in [0.1, 0.15) is 0 Å². The number of benzene rings is 1. The number of hydrogen-bond donors (Lipinski definition) is 2. The van der Waals surface area contributed by atoms with Gasteiger partial charge in [0.2, 0.25) is 10.0 Å². The summed E-state index contributed by atoms with van der Waals surface area (Å²) in [6.07, 6.45) is -3.61. The van der Waals surface area contributed by atoms with Crippen LogP contribution in [0.4, 0.5) is 29.1 Å². The second-order valence-electron chi connectivity index (χ2n) is 4.74. The number of alkyl halides is 3. The molecule has 0 spiro atoms. The van der Waals surface area contributed by atoms with E-state index in [0.29, 0.717) is 6.07 Å². The number of sulfonamides is 1. The summed E-state index contributed by atoms with van der Waals surface area (Å²) in [6, 6.07) is 2.54. The number of nitrogens with one attached hydrogen (secondary N) is 2. The molecule has 0 amide bonds. The molecule has 0 saturated heterocycles. The second-order valence-corrected chi connectivity index (χ2v) is 6.98. The molecule has 7 nitrogen and oxygen atoms in total. The molecule has 0 unspecified atom stereocenters. The van der Waals surface area contributed by atoms with Crippen LogP contribution in [0, 0.1) is 5.82 Å². The minimum atomic E-state index is -4.68. The van der Waals surface area contributed by atoms with E-state index in [2.05, 4.69) is 20.0 Å². The summed E-state index contributed by atoms with van der Waals surface area (Å²) < 4.78 is 81.5. The quantitative estimate of drug-likeness (QED) is 0.557. The zero-order valence-electron chi connectivity index (χ0n) is 12.9. The molecule has 0 aliphatic heterocycles. The van der Waals surface area contributed by atoms with Gasteiger partial charge in [-0.2, -0.15) is 13.2 Å². The van der Waals surface area contributed by atoms with Gasteiger partial charge in [-0.15, -0.1) is 0 Å². The first-order valence-corrected chi connectivity index (χ1v) is 8.59. The van der Waals surface area contributed by atoms with Crippen molar-refractivity contribution in [3.05, 3.63) is 35.5 Å². The predicted molar refractivity (Wildman–Crippen MR) is 84.5 cm³/mol. The molecule has 2 N–H and O–H groups in total. The topological polar surface area (TPSA) is 93.2 Å². The van der Waals surface area contributed by atoms with E-state index in [1.165, 1.54) is 6.07 Å². The van der Waals surface area contributed by atoms with Crippen molar-refractivity contribution in [1.29, 1.82) is 0 Å². The Kier molecular flexibility index (Phi) is 5.88. The number of rotatable bonds is 6. The van der Waals surface area contributed by atoms with Gasteiger partial charge in [0.1, 0.15) is 33.8 Å². The molecule has 1 aromatic carbocycles. The largest absolute Gasteiger partial charge is 0.482 e. The van der Waals surface area contributed by atoms with E-state index < -0.39 is 39.3 Å². The van der Waals surface area contributed by atoms with E-state index in [1.54, 1.807) is 0 Å². The van der Waals surface area contributed by atoms with Crippen LogP contribution in [0.3, 0.4) is 0 Å². The molecule has 0 fully saturated rings. The first kappa shape index (κ1) is 20.1. The van der Waals surface area contributed by atoms with E-state index in [9.17, 15) is 26.0 Å². The Balaban J connectivity index is 2.50. The molecule has 0 bridgehead atoms. The highest BCUT2D eigenvalue weighted by Crippen LogP contribution is 2.33. The fourth-order valence-electron chi connectivity index (χ4n) is 1.77. The van der Waals surface area contributed by atoms with Gasteiger partial charge in [0.05, 0.1) is 5.69 Å². The smallest absolute Gasteiger partial charge is 0.422 e. The lowest BCUT2D eigenvalue weighted by atomic mass is 10.2. The summed E-state index contributed by atoms with van der Waals surface area (Å²) in [6.45, 7) is -1.70. The van der Waals surface area contributed by atoms with Crippen LogP contribution in [0.5, 0.6) is 5.75 Å². The Morgan fingerprint density at radius 1 is 1.23 bits per heavy atom. The molecule has 1 aromatic heterocycles. The molecular formula is C13H11ClF4N4O3S. The number of halogens is 5. The lowest BCUT2D eigenvalue weighted by Gasteiger charge is -2.16. The summed E-state index contributed by atoms with van der Waals surface area (Å²) in [5, 5.41) is 2.55. The number of nitrogens with zero attached hydrogens (tertiary/aromatic N) is 2. The molecule has 0 radical (unpaired) electrons. The van der Waals surface area contributed by atoms with E-state index in [0.717, 1.165) is 19.4 Å². The van der Waals surface area contributed by atoms with Crippen molar-refractivity contribution in [2.45, 2.75) is 11.1 Å². The lowest BCUT2D eigenvalue weighted by Crippen LogP contribution is -2.21. The first-order chi connectivity index (χ1) is 12.0. The van der Waals surface area contributed by atoms with Crippen molar-refractivity contribution in [1.82, 2.24) is 14.7 Å². The Bertz CT molecular complexity index is 909. The highest BCUT2D eigenvalue weighted by molar-refractivity contribution is 7.89. The maximum absolute atomic E-state index is 14.1. The summed E-state index contributed by atoms with van der Waals surface area (Å²) in [4.78, 5) is 6.61. The van der Waals surface area contributed by atoms with E-state index in [-0.39, 0.29) is 16.7 Å². The molecule has 0 atom stereocenters. The van der Waals surface area contributed by atoms with Gasteiger partial charge >= 0.3 is 6.18 Å². The van der Waals surface area contributed by atoms with Crippen LogP contribution in [-0.2, 0) is 10.0 Å². The monoisotopic (exact) mass is 414 g/mol. The highest BCUT2D eigenvalue weighted by atomic mass is 35.5. The van der Waals surface area contributed by atoms with Gasteiger partial charge in [-0.3, -0.25) is 0 Å². The van der Waals surface area contributed by atoms with Crippen molar-refractivity contribution in [3.63, 3.8) is 0 Å². The van der Waals surface area contributed by atoms with Crippen LogP contribution in [0.2, 0.25) is 5.15 Å². The third-order valence-corrected chi connectivity index (χ3v) is 4.52. The van der Waals surface area contributed by atoms with Crippen LogP contribution >= 0.6 is 11.6 Å². The zero-order valence-corrected chi connectivity index (χ0v) is 14.5. The third kappa shape index (κ3) is 5.16. The zero-order chi connectivity index (χ0) is 19.5. The Morgan fingerprint density at radius 3 is 2.50 bits per heavy atom. The maximum Gasteiger partial charge on any atom is 0.422 e. The van der Waals surface area contributed by atoms with Gasteiger partial charge in [0, 0.05) is 12.1 Å². The van der Waals surface area contributed by atoms with Crippen LogP contribution in [0.25, 0.3) is 0 Å². The van der Waals surface area contributed by atoms with Crippen molar-refractivity contribution >= 4 is 33.1 Å². The molecular weight excluding hydrogens is 404 g/mol. The molecule has 13 heteroatoms. The van der Waals surface area contributed by atoms with Gasteiger partial charge in [-0.05, 0) is 13.1 Å². The minimum Gasteiger partial charge on any atom is -0.482 e. The van der Waals surface area contributed by atoms with Gasteiger partial charge in [0.25, 0.3) is 0 Å². The highest BCUT2D eigenvalue weighted by Gasteiger charge is 2.30. The standard InChI is InChI=1S/C13H11ClF4N4O3S/c1-19-26(23,24)10-3-8(22-12-4-11(14)20-6-21-12)9(2-7(10)15)25-5-13(16,17)18/h2-4,6,19H,5H2,1H3,(H,20,21,22). The normalized spacial score (nSPS) is 12.1. The molecule has 2 aromatic rings. The van der Waals surface area contributed by atoms with Crippen LogP contribution < -0.4 is 14.8 Å². The molecule has 1 heterocycles. The Hall–Kier alpha value is -2.18. The molecule has 0 saturated carbocycles. The number of hydrogen-bond acceptors (Lipinski definition) is 6. The van der Waals surface area contributed by atoms with Gasteiger partial charge in [0.15, 0.2) is 6.61 Å². The third-order valence-electron chi connectivity index (χ3n) is 2.88. The van der Waals surface area contributed by atoms with E-state index in [1.807, 2.05) is 4.72 Å². The van der Waals surface area contributed by atoms with Crippen molar-refractivity contribution in [2.24, 2.45) is 0 Å². The van der Waals surface area contributed by atoms with Gasteiger partial charge < -0.3 is 10.1 Å². The fraction of sp³-hybridized carbons (Fsp3) is 0.231. The molecule has 26 heavy (non-hydrogen) atoms. The fourth-order valence-corrected chi connectivity index (χ4v) is 2.72. The lowest BCUT2D eigenvalue weighted by molar-refractivity contribution is -0.153. The number of anilines is 2.